The maximum Gasteiger partial charge on any atom is 0.227 e. The van der Waals surface area contributed by atoms with Gasteiger partial charge in [0.2, 0.25) is 5.91 Å². The van der Waals surface area contributed by atoms with Crippen LogP contribution in [0.5, 0.6) is 0 Å². The summed E-state index contributed by atoms with van der Waals surface area (Å²) >= 11 is 4.41. The summed E-state index contributed by atoms with van der Waals surface area (Å²) < 4.78 is -0.0965. The second-order valence-corrected chi connectivity index (χ2v) is 10.2. The molecular formula is C17H33NOS2. The molecule has 1 rings (SSSR count). The van der Waals surface area contributed by atoms with Crippen molar-refractivity contribution in [3.8, 4) is 0 Å². The highest BCUT2D eigenvalue weighted by Gasteiger charge is 2.40. The van der Waals surface area contributed by atoms with Crippen molar-refractivity contribution >= 4 is 28.4 Å². The minimum absolute atomic E-state index is 0.0902. The molecule has 0 aromatic heterocycles. The van der Waals surface area contributed by atoms with Crippen molar-refractivity contribution in [2.24, 2.45) is 17.3 Å². The third kappa shape index (κ3) is 6.05. The van der Waals surface area contributed by atoms with E-state index in [9.17, 15) is 4.79 Å². The Kier molecular flexibility index (Phi) is 6.98. The molecule has 1 aliphatic heterocycles. The molecule has 1 amide bonds. The van der Waals surface area contributed by atoms with E-state index in [1.807, 2.05) is 4.90 Å². The fourth-order valence-electron chi connectivity index (χ4n) is 2.94. The predicted molar refractivity (Wildman–Crippen MR) is 97.8 cm³/mol. The van der Waals surface area contributed by atoms with Crippen molar-refractivity contribution in [3.63, 3.8) is 0 Å². The Morgan fingerprint density at radius 1 is 1.24 bits per heavy atom. The lowest BCUT2D eigenvalue weighted by molar-refractivity contribution is -0.142. The molecule has 0 aliphatic carbocycles. The number of carbonyl (C=O) groups is 1. The van der Waals surface area contributed by atoms with Crippen LogP contribution >= 0.6 is 22.5 Å². The first kappa shape index (κ1) is 19.2. The highest BCUT2D eigenvalue weighted by molar-refractivity contribution is 8.69. The number of nitrogens with zero attached hydrogens (tertiary/aromatic N) is 1. The third-order valence-electron chi connectivity index (χ3n) is 4.42. The maximum atomic E-state index is 12.7. The molecule has 1 unspecified atom stereocenters. The average molecular weight is 332 g/mol. The maximum absolute atomic E-state index is 12.7. The molecular weight excluding hydrogens is 298 g/mol. The van der Waals surface area contributed by atoms with Gasteiger partial charge in [0.25, 0.3) is 0 Å². The van der Waals surface area contributed by atoms with E-state index in [4.69, 9.17) is 0 Å². The Balaban J connectivity index is 2.55. The van der Waals surface area contributed by atoms with Crippen molar-refractivity contribution in [2.75, 3.05) is 13.1 Å². The summed E-state index contributed by atoms with van der Waals surface area (Å²) in [5.74, 6) is 1.10. The van der Waals surface area contributed by atoms with E-state index in [2.05, 4.69) is 53.2 Å². The molecule has 0 aromatic carbocycles. The van der Waals surface area contributed by atoms with Crippen molar-refractivity contribution in [3.05, 3.63) is 0 Å². The largest absolute Gasteiger partial charge is 0.342 e. The number of rotatable bonds is 7. The van der Waals surface area contributed by atoms with Gasteiger partial charge in [0.1, 0.15) is 0 Å². The zero-order chi connectivity index (χ0) is 16.3. The monoisotopic (exact) mass is 331 g/mol. The summed E-state index contributed by atoms with van der Waals surface area (Å²) in [5, 5.41) is 0. The van der Waals surface area contributed by atoms with Gasteiger partial charge < -0.3 is 4.90 Å². The lowest BCUT2D eigenvalue weighted by Crippen LogP contribution is -2.53. The fourth-order valence-corrected chi connectivity index (χ4v) is 3.66. The van der Waals surface area contributed by atoms with E-state index in [1.165, 1.54) is 23.6 Å². The van der Waals surface area contributed by atoms with E-state index in [1.54, 1.807) is 0 Å². The Morgan fingerprint density at radius 3 is 2.24 bits per heavy atom. The van der Waals surface area contributed by atoms with E-state index in [-0.39, 0.29) is 10.7 Å². The van der Waals surface area contributed by atoms with E-state index in [0.717, 1.165) is 25.9 Å². The van der Waals surface area contributed by atoms with Crippen molar-refractivity contribution in [1.29, 1.82) is 0 Å². The molecule has 1 saturated heterocycles. The Bertz CT molecular complexity index is 343. The quantitative estimate of drug-likeness (QED) is 0.400. The summed E-state index contributed by atoms with van der Waals surface area (Å²) in [6.45, 7) is 15.2. The van der Waals surface area contributed by atoms with Crippen LogP contribution < -0.4 is 0 Å². The molecule has 1 aliphatic rings. The first-order valence-corrected chi connectivity index (χ1v) is 10.0. The van der Waals surface area contributed by atoms with Gasteiger partial charge in [-0.2, -0.15) is 0 Å². The fraction of sp³-hybridized carbons (Fsp3) is 0.941. The molecule has 21 heavy (non-hydrogen) atoms. The Hall–Kier alpha value is 0.170. The predicted octanol–water partition coefficient (Wildman–Crippen LogP) is 5.04. The normalized spacial score (nSPS) is 18.5. The molecule has 1 heterocycles. The number of likely N-dealkylation sites (tertiary alicyclic amines) is 1. The number of thiol groups is 1. The smallest absolute Gasteiger partial charge is 0.227 e. The van der Waals surface area contributed by atoms with Crippen molar-refractivity contribution in [1.82, 2.24) is 4.90 Å². The van der Waals surface area contributed by atoms with Crippen LogP contribution in [-0.4, -0.2) is 28.6 Å². The summed E-state index contributed by atoms with van der Waals surface area (Å²) in [5.41, 5.74) is 0.389. The SMILES string of the molecule is CC1CN(C(=O)C(CCCCC(C)(C)C)C(C)(C)SS)C1. The van der Waals surface area contributed by atoms with Gasteiger partial charge in [-0.1, -0.05) is 51.3 Å². The average Bonchev–Trinajstić information content (AvgIpc) is 2.32. The Morgan fingerprint density at radius 2 is 1.81 bits per heavy atom. The summed E-state index contributed by atoms with van der Waals surface area (Å²) in [6, 6.07) is 0. The second-order valence-electron chi connectivity index (χ2n) is 8.40. The first-order chi connectivity index (χ1) is 9.57. The molecule has 0 bridgehead atoms. The van der Waals surface area contributed by atoms with Crippen LogP contribution in [0.1, 0.15) is 67.2 Å². The molecule has 0 spiro atoms. The van der Waals surface area contributed by atoms with Gasteiger partial charge in [-0.15, -0.1) is 11.7 Å². The van der Waals surface area contributed by atoms with Gasteiger partial charge in [0.05, 0.1) is 5.92 Å². The van der Waals surface area contributed by atoms with Crippen molar-refractivity contribution < 1.29 is 4.79 Å². The van der Waals surface area contributed by atoms with Crippen LogP contribution in [0.4, 0.5) is 0 Å². The molecule has 0 aromatic rings. The molecule has 0 N–H and O–H groups in total. The molecule has 0 radical (unpaired) electrons. The van der Waals surface area contributed by atoms with Crippen LogP contribution in [0.15, 0.2) is 0 Å². The van der Waals surface area contributed by atoms with Crippen molar-refractivity contribution in [2.45, 2.75) is 72.0 Å². The molecule has 1 fully saturated rings. The zero-order valence-electron chi connectivity index (χ0n) is 14.6. The number of hydrogen-bond acceptors (Lipinski definition) is 3. The molecule has 1 atom stereocenters. The number of hydrogen-bond donors (Lipinski definition) is 1. The highest BCUT2D eigenvalue weighted by atomic mass is 33.1. The van der Waals surface area contributed by atoms with E-state index >= 15 is 0 Å². The number of amides is 1. The first-order valence-electron chi connectivity index (χ1n) is 8.18. The minimum atomic E-state index is -0.0965. The third-order valence-corrected chi connectivity index (χ3v) is 6.58. The molecule has 0 saturated carbocycles. The van der Waals surface area contributed by atoms with Gasteiger partial charge in [-0.05, 0) is 38.0 Å². The van der Waals surface area contributed by atoms with Crippen LogP contribution in [-0.2, 0) is 4.79 Å². The van der Waals surface area contributed by atoms with Crippen LogP contribution in [0.3, 0.4) is 0 Å². The van der Waals surface area contributed by atoms with E-state index in [0.29, 0.717) is 17.2 Å². The molecule has 4 heteroatoms. The minimum Gasteiger partial charge on any atom is -0.342 e. The van der Waals surface area contributed by atoms with Gasteiger partial charge in [-0.3, -0.25) is 4.79 Å². The Labute approximate surface area is 140 Å². The van der Waals surface area contributed by atoms with Gasteiger partial charge in [-0.25, -0.2) is 0 Å². The summed E-state index contributed by atoms with van der Waals surface area (Å²) in [7, 11) is 1.53. The summed E-state index contributed by atoms with van der Waals surface area (Å²) in [6.07, 6.45) is 4.55. The lowest BCUT2D eigenvalue weighted by Gasteiger charge is -2.42. The molecule has 124 valence electrons. The van der Waals surface area contributed by atoms with Crippen LogP contribution in [0.2, 0.25) is 0 Å². The second kappa shape index (κ2) is 7.63. The van der Waals surface area contributed by atoms with Crippen LogP contribution in [0, 0.1) is 17.3 Å². The topological polar surface area (TPSA) is 20.3 Å². The summed E-state index contributed by atoms with van der Waals surface area (Å²) in [4.78, 5) is 14.8. The van der Waals surface area contributed by atoms with Crippen LogP contribution in [0.25, 0.3) is 0 Å². The standard InChI is InChI=1S/C17H33NOS2/c1-13-11-18(12-13)15(19)14(17(5,6)21-20)9-7-8-10-16(2,3)4/h13-14,20H,7-12H2,1-6H3. The lowest BCUT2D eigenvalue weighted by atomic mass is 9.84. The van der Waals surface area contributed by atoms with Gasteiger partial charge >= 0.3 is 0 Å². The van der Waals surface area contributed by atoms with Gasteiger partial charge in [0, 0.05) is 17.8 Å². The zero-order valence-corrected chi connectivity index (χ0v) is 16.3. The number of carbonyl (C=O) groups excluding carboxylic acids is 1. The van der Waals surface area contributed by atoms with Gasteiger partial charge in [0.15, 0.2) is 0 Å². The number of unbranched alkanes of at least 4 members (excludes halogenated alkanes) is 1. The highest BCUT2D eigenvalue weighted by Crippen LogP contribution is 2.40. The molecule has 2 nitrogen and oxygen atoms in total. The van der Waals surface area contributed by atoms with E-state index < -0.39 is 0 Å².